The summed E-state index contributed by atoms with van der Waals surface area (Å²) in [7, 11) is 0. The van der Waals surface area contributed by atoms with Gasteiger partial charge in [0.1, 0.15) is 11.4 Å². The van der Waals surface area contributed by atoms with Gasteiger partial charge in [0.15, 0.2) is 0 Å². The van der Waals surface area contributed by atoms with E-state index in [0.29, 0.717) is 14.9 Å². The third-order valence-electron chi connectivity index (χ3n) is 2.25. The van der Waals surface area contributed by atoms with E-state index in [0.717, 1.165) is 0 Å². The fourth-order valence-electron chi connectivity index (χ4n) is 1.41. The van der Waals surface area contributed by atoms with Crippen LogP contribution < -0.4 is 5.32 Å². The molecule has 0 spiro atoms. The predicted octanol–water partition coefficient (Wildman–Crippen LogP) is 3.27. The summed E-state index contributed by atoms with van der Waals surface area (Å²) >= 11 is 1.98. The first-order valence-corrected chi connectivity index (χ1v) is 6.05. The van der Waals surface area contributed by atoms with E-state index in [1.54, 1.807) is 12.1 Å². The van der Waals surface area contributed by atoms with Gasteiger partial charge in [0.2, 0.25) is 0 Å². The number of halogens is 2. The van der Waals surface area contributed by atoms with Crippen LogP contribution in [0.1, 0.15) is 10.4 Å². The topological polar surface area (TPSA) is 62.2 Å². The number of anilines is 2. The molecule has 1 heterocycles. The zero-order chi connectivity index (χ0) is 13.1. The van der Waals surface area contributed by atoms with Crippen molar-refractivity contribution >= 4 is 39.9 Å². The minimum absolute atomic E-state index is 0.0672. The number of pyridine rings is 1. The molecular weight excluding hydrogens is 350 g/mol. The number of aromatic carboxylic acids is 1. The van der Waals surface area contributed by atoms with Gasteiger partial charge in [-0.2, -0.15) is 0 Å². The fraction of sp³-hybridized carbons (Fsp3) is 0. The van der Waals surface area contributed by atoms with Gasteiger partial charge in [-0.05, 0) is 46.9 Å². The average Bonchev–Trinajstić information content (AvgIpc) is 2.33. The molecule has 2 aromatic rings. The summed E-state index contributed by atoms with van der Waals surface area (Å²) in [5.74, 6) is -1.40. The Morgan fingerprint density at radius 3 is 2.78 bits per heavy atom. The van der Waals surface area contributed by atoms with Crippen LogP contribution in [0.25, 0.3) is 0 Å². The number of carboxylic acids is 1. The molecule has 1 aromatic heterocycles. The largest absolute Gasteiger partial charge is 0.478 e. The van der Waals surface area contributed by atoms with Crippen LogP contribution in [-0.4, -0.2) is 16.1 Å². The van der Waals surface area contributed by atoms with Gasteiger partial charge >= 0.3 is 5.97 Å². The summed E-state index contributed by atoms with van der Waals surface area (Å²) in [6.07, 6.45) is 2.76. The second-order valence-corrected chi connectivity index (χ2v) is 4.64. The Morgan fingerprint density at radius 1 is 1.33 bits per heavy atom. The summed E-state index contributed by atoms with van der Waals surface area (Å²) in [5, 5.41) is 12.0. The third-order valence-corrected chi connectivity index (χ3v) is 3.14. The predicted molar refractivity (Wildman–Crippen MR) is 73.6 cm³/mol. The number of aromatic nitrogens is 1. The van der Waals surface area contributed by atoms with Crippen LogP contribution in [0.4, 0.5) is 15.8 Å². The van der Waals surface area contributed by atoms with Crippen LogP contribution >= 0.6 is 22.6 Å². The Kier molecular flexibility index (Phi) is 3.75. The summed E-state index contributed by atoms with van der Waals surface area (Å²) in [6.45, 7) is 0. The molecule has 92 valence electrons. The van der Waals surface area contributed by atoms with E-state index in [4.69, 9.17) is 5.11 Å². The molecule has 1 aromatic carbocycles. The van der Waals surface area contributed by atoms with Gasteiger partial charge in [-0.15, -0.1) is 0 Å². The molecule has 0 saturated carbocycles. The van der Waals surface area contributed by atoms with Crippen molar-refractivity contribution in [3.63, 3.8) is 0 Å². The maximum absolute atomic E-state index is 13.0. The molecule has 0 bridgehead atoms. The second-order valence-electron chi connectivity index (χ2n) is 3.48. The van der Waals surface area contributed by atoms with Crippen molar-refractivity contribution in [2.24, 2.45) is 0 Å². The second kappa shape index (κ2) is 5.30. The molecule has 0 fully saturated rings. The highest BCUT2D eigenvalue weighted by molar-refractivity contribution is 14.1. The minimum atomic E-state index is -1.07. The number of benzene rings is 1. The standard InChI is InChI=1S/C12H8FIN2O2/c13-7-1-2-11(9(14)5-7)16-10-3-4-15-6-8(10)12(17)18/h1-6H,(H,15,16)(H,17,18). The lowest BCUT2D eigenvalue weighted by Gasteiger charge is -2.10. The smallest absolute Gasteiger partial charge is 0.339 e. The van der Waals surface area contributed by atoms with Crippen molar-refractivity contribution in [2.45, 2.75) is 0 Å². The molecule has 2 N–H and O–H groups in total. The van der Waals surface area contributed by atoms with Crippen LogP contribution in [0.3, 0.4) is 0 Å². The Morgan fingerprint density at radius 2 is 2.11 bits per heavy atom. The zero-order valence-electron chi connectivity index (χ0n) is 9.02. The lowest BCUT2D eigenvalue weighted by Crippen LogP contribution is -2.04. The highest BCUT2D eigenvalue weighted by atomic mass is 127. The van der Waals surface area contributed by atoms with Crippen molar-refractivity contribution < 1.29 is 14.3 Å². The molecule has 0 unspecified atom stereocenters. The number of nitrogens with zero attached hydrogens (tertiary/aromatic N) is 1. The summed E-state index contributed by atoms with van der Waals surface area (Å²) in [4.78, 5) is 14.8. The van der Waals surface area contributed by atoms with Gasteiger partial charge in [-0.1, -0.05) is 0 Å². The van der Waals surface area contributed by atoms with E-state index in [1.165, 1.54) is 24.5 Å². The van der Waals surface area contributed by atoms with Gasteiger partial charge in [-0.25, -0.2) is 9.18 Å². The maximum atomic E-state index is 13.0. The SMILES string of the molecule is O=C(O)c1cnccc1Nc1ccc(F)cc1I. The van der Waals surface area contributed by atoms with Gasteiger partial charge in [-0.3, -0.25) is 4.98 Å². The average molecular weight is 358 g/mol. The molecule has 6 heteroatoms. The van der Waals surface area contributed by atoms with Crippen LogP contribution in [0.5, 0.6) is 0 Å². The molecule has 0 atom stereocenters. The van der Waals surface area contributed by atoms with Crippen molar-refractivity contribution in [3.05, 3.63) is 51.6 Å². The molecule has 0 aliphatic carbocycles. The van der Waals surface area contributed by atoms with Crippen molar-refractivity contribution in [1.82, 2.24) is 4.98 Å². The summed E-state index contributed by atoms with van der Waals surface area (Å²) in [5.41, 5.74) is 1.13. The van der Waals surface area contributed by atoms with Crippen molar-refractivity contribution in [3.8, 4) is 0 Å². The first-order chi connectivity index (χ1) is 8.58. The zero-order valence-corrected chi connectivity index (χ0v) is 11.2. The lowest BCUT2D eigenvalue weighted by atomic mass is 10.2. The lowest BCUT2D eigenvalue weighted by molar-refractivity contribution is 0.0697. The Labute approximate surface area is 116 Å². The number of carboxylic acid groups (broad SMARTS) is 1. The van der Waals surface area contributed by atoms with E-state index in [-0.39, 0.29) is 11.4 Å². The molecule has 0 saturated heterocycles. The highest BCUT2D eigenvalue weighted by Crippen LogP contribution is 2.25. The molecule has 0 aliphatic rings. The molecule has 2 rings (SSSR count). The normalized spacial score (nSPS) is 10.1. The first-order valence-electron chi connectivity index (χ1n) is 4.97. The molecule has 0 aliphatic heterocycles. The number of nitrogens with one attached hydrogen (secondary N) is 1. The quantitative estimate of drug-likeness (QED) is 0.827. The van der Waals surface area contributed by atoms with E-state index in [2.05, 4.69) is 10.3 Å². The number of hydrogen-bond donors (Lipinski definition) is 2. The number of hydrogen-bond acceptors (Lipinski definition) is 3. The van der Waals surface area contributed by atoms with E-state index < -0.39 is 5.97 Å². The Balaban J connectivity index is 2.37. The number of rotatable bonds is 3. The Hall–Kier alpha value is -1.70. The summed E-state index contributed by atoms with van der Waals surface area (Å²) < 4.78 is 13.6. The Bertz CT molecular complexity index is 604. The van der Waals surface area contributed by atoms with Crippen LogP contribution in [0.2, 0.25) is 0 Å². The van der Waals surface area contributed by atoms with Crippen molar-refractivity contribution in [1.29, 1.82) is 0 Å². The number of carbonyl (C=O) groups is 1. The van der Waals surface area contributed by atoms with Crippen molar-refractivity contribution in [2.75, 3.05) is 5.32 Å². The van der Waals surface area contributed by atoms with E-state index in [1.807, 2.05) is 22.6 Å². The molecule has 4 nitrogen and oxygen atoms in total. The van der Waals surface area contributed by atoms with Gasteiger partial charge in [0.05, 0.1) is 11.4 Å². The highest BCUT2D eigenvalue weighted by Gasteiger charge is 2.11. The minimum Gasteiger partial charge on any atom is -0.478 e. The van der Waals surface area contributed by atoms with Gasteiger partial charge < -0.3 is 10.4 Å². The van der Waals surface area contributed by atoms with E-state index >= 15 is 0 Å². The van der Waals surface area contributed by atoms with Crippen LogP contribution in [-0.2, 0) is 0 Å². The van der Waals surface area contributed by atoms with Crippen LogP contribution in [0, 0.1) is 9.39 Å². The van der Waals surface area contributed by atoms with Crippen LogP contribution in [0.15, 0.2) is 36.7 Å². The fourth-order valence-corrected chi connectivity index (χ4v) is 2.02. The third kappa shape index (κ3) is 2.76. The molecular formula is C12H8FIN2O2. The molecule has 18 heavy (non-hydrogen) atoms. The summed E-state index contributed by atoms with van der Waals surface area (Å²) in [6, 6.07) is 5.79. The van der Waals surface area contributed by atoms with Gasteiger partial charge in [0.25, 0.3) is 0 Å². The maximum Gasteiger partial charge on any atom is 0.339 e. The van der Waals surface area contributed by atoms with E-state index in [9.17, 15) is 9.18 Å². The van der Waals surface area contributed by atoms with Gasteiger partial charge in [0, 0.05) is 16.0 Å². The molecule has 0 amide bonds. The monoisotopic (exact) mass is 358 g/mol. The first kappa shape index (κ1) is 12.7. The molecule has 0 radical (unpaired) electrons.